The summed E-state index contributed by atoms with van der Waals surface area (Å²) in [7, 11) is -3.27. The minimum absolute atomic E-state index is 0.218. The summed E-state index contributed by atoms with van der Waals surface area (Å²) in [5, 5.41) is 0.538. The summed E-state index contributed by atoms with van der Waals surface area (Å²) >= 11 is 9.37. The highest BCUT2D eigenvalue weighted by Crippen LogP contribution is 2.30. The second kappa shape index (κ2) is 8.17. The summed E-state index contributed by atoms with van der Waals surface area (Å²) in [5.74, 6) is -0.474. The highest BCUT2D eigenvalue weighted by Gasteiger charge is 2.17. The molecule has 0 bridgehead atoms. The average molecular weight is 444 g/mol. The van der Waals surface area contributed by atoms with Crippen LogP contribution in [0.1, 0.15) is 18.1 Å². The van der Waals surface area contributed by atoms with Gasteiger partial charge in [-0.25, -0.2) is 13.2 Å². The number of halogens is 2. The first kappa shape index (κ1) is 19.7. The fourth-order valence-electron chi connectivity index (χ4n) is 2.14. The normalized spacial score (nSPS) is 12.1. The van der Waals surface area contributed by atoms with Crippen molar-refractivity contribution in [3.63, 3.8) is 0 Å². The molecule has 0 aliphatic heterocycles. The molecular weight excluding hydrogens is 428 g/mol. The first-order valence-electron chi connectivity index (χ1n) is 7.36. The summed E-state index contributed by atoms with van der Waals surface area (Å²) in [5.41, 5.74) is 1.66. The molecule has 4 nitrogen and oxygen atoms in total. The highest BCUT2D eigenvalue weighted by atomic mass is 79.9. The molecule has 0 aromatic heterocycles. The third-order valence-electron chi connectivity index (χ3n) is 3.34. The largest absolute Gasteiger partial charge is 0.462 e. The molecule has 0 unspecified atom stereocenters. The minimum Gasteiger partial charge on any atom is -0.462 e. The van der Waals surface area contributed by atoms with Crippen molar-refractivity contribution in [2.24, 2.45) is 0 Å². The van der Waals surface area contributed by atoms with Crippen LogP contribution in [0.4, 0.5) is 0 Å². The molecule has 0 radical (unpaired) electrons. The number of ether oxygens (including phenoxy) is 1. The molecule has 0 aliphatic rings. The van der Waals surface area contributed by atoms with E-state index in [1.54, 1.807) is 43.3 Å². The van der Waals surface area contributed by atoms with Gasteiger partial charge in [-0.05, 0) is 42.8 Å². The van der Waals surface area contributed by atoms with Gasteiger partial charge in [-0.15, -0.1) is 0 Å². The molecule has 0 fully saturated rings. The van der Waals surface area contributed by atoms with Gasteiger partial charge in [-0.2, -0.15) is 0 Å². The van der Waals surface area contributed by atoms with Gasteiger partial charge in [-0.3, -0.25) is 0 Å². The Bertz CT molecular complexity index is 919. The summed E-state index contributed by atoms with van der Waals surface area (Å²) in [6.07, 6.45) is 2.80. The standard InChI is InChI=1S/C18H16BrClO4S/c1-3-24-18(21)16(15-9-6-13(20)11-17(15)19)10-12-4-7-14(8-5-12)25(2,22)23/h4-11H,3H2,1-2H3/b16-10+. The Hall–Kier alpha value is -1.63. The number of carbonyl (C=O) groups is 1. The third kappa shape index (κ3) is 5.17. The Morgan fingerprint density at radius 1 is 1.20 bits per heavy atom. The Kier molecular flexibility index (Phi) is 6.43. The van der Waals surface area contributed by atoms with Crippen molar-refractivity contribution in [3.05, 3.63) is 63.1 Å². The van der Waals surface area contributed by atoms with Crippen LogP contribution in [0.15, 0.2) is 51.8 Å². The van der Waals surface area contributed by atoms with E-state index in [-0.39, 0.29) is 11.5 Å². The number of sulfone groups is 1. The molecule has 0 N–H and O–H groups in total. The van der Waals surface area contributed by atoms with Gasteiger partial charge >= 0.3 is 5.97 Å². The summed E-state index contributed by atoms with van der Waals surface area (Å²) in [4.78, 5) is 12.6. The van der Waals surface area contributed by atoms with Crippen molar-refractivity contribution in [1.82, 2.24) is 0 Å². The summed E-state index contributed by atoms with van der Waals surface area (Å²) in [6, 6.07) is 11.4. The lowest BCUT2D eigenvalue weighted by molar-refractivity contribution is -0.136. The lowest BCUT2D eigenvalue weighted by Crippen LogP contribution is -2.07. The predicted molar refractivity (Wildman–Crippen MR) is 103 cm³/mol. The maximum absolute atomic E-state index is 12.4. The molecule has 2 aromatic rings. The maximum Gasteiger partial charge on any atom is 0.338 e. The molecule has 0 aliphatic carbocycles. The molecule has 25 heavy (non-hydrogen) atoms. The first-order valence-corrected chi connectivity index (χ1v) is 10.4. The molecule has 0 spiro atoms. The van der Waals surface area contributed by atoms with Crippen LogP contribution < -0.4 is 0 Å². The zero-order valence-electron chi connectivity index (χ0n) is 13.6. The van der Waals surface area contributed by atoms with Crippen molar-refractivity contribution in [1.29, 1.82) is 0 Å². The van der Waals surface area contributed by atoms with Gasteiger partial charge in [0.25, 0.3) is 0 Å². The molecule has 2 rings (SSSR count). The van der Waals surface area contributed by atoms with Crippen molar-refractivity contribution < 1.29 is 17.9 Å². The number of hydrogen-bond acceptors (Lipinski definition) is 4. The fraction of sp³-hybridized carbons (Fsp3) is 0.167. The van der Waals surface area contributed by atoms with E-state index in [1.165, 1.54) is 12.1 Å². The van der Waals surface area contributed by atoms with Crippen molar-refractivity contribution in [3.8, 4) is 0 Å². The maximum atomic E-state index is 12.4. The molecule has 0 saturated heterocycles. The molecule has 2 aromatic carbocycles. The van der Waals surface area contributed by atoms with Crippen LogP contribution in [-0.4, -0.2) is 27.2 Å². The average Bonchev–Trinajstić information content (AvgIpc) is 2.53. The van der Waals surface area contributed by atoms with E-state index < -0.39 is 15.8 Å². The van der Waals surface area contributed by atoms with E-state index in [0.29, 0.717) is 26.2 Å². The number of esters is 1. The van der Waals surface area contributed by atoms with Gasteiger partial charge in [0, 0.05) is 21.3 Å². The molecule has 0 saturated carbocycles. The predicted octanol–water partition coefficient (Wildman–Crippen LogP) is 4.61. The van der Waals surface area contributed by atoms with Crippen molar-refractivity contribution in [2.75, 3.05) is 12.9 Å². The fourth-order valence-corrected chi connectivity index (χ4v) is 3.67. The summed E-state index contributed by atoms with van der Waals surface area (Å²) < 4.78 is 28.9. The number of rotatable bonds is 5. The van der Waals surface area contributed by atoms with Gasteiger partial charge in [0.05, 0.1) is 17.1 Å². The zero-order chi connectivity index (χ0) is 18.6. The molecule has 0 amide bonds. The molecule has 0 heterocycles. The van der Waals surface area contributed by atoms with E-state index in [0.717, 1.165) is 6.26 Å². The van der Waals surface area contributed by atoms with Crippen LogP contribution in [0.3, 0.4) is 0 Å². The molecular formula is C18H16BrClO4S. The van der Waals surface area contributed by atoms with E-state index in [2.05, 4.69) is 15.9 Å². The second-order valence-corrected chi connectivity index (χ2v) is 8.55. The molecule has 7 heteroatoms. The van der Waals surface area contributed by atoms with Crippen LogP contribution in [-0.2, 0) is 19.4 Å². The molecule has 0 atom stereocenters. The van der Waals surface area contributed by atoms with Gasteiger partial charge in [-0.1, -0.05) is 45.7 Å². The van der Waals surface area contributed by atoms with Crippen LogP contribution in [0.2, 0.25) is 5.02 Å². The van der Waals surface area contributed by atoms with Crippen molar-refractivity contribution in [2.45, 2.75) is 11.8 Å². The Morgan fingerprint density at radius 3 is 2.36 bits per heavy atom. The monoisotopic (exact) mass is 442 g/mol. The quantitative estimate of drug-likeness (QED) is 0.385. The smallest absolute Gasteiger partial charge is 0.338 e. The molecule has 132 valence electrons. The Labute approximate surface area is 160 Å². The van der Waals surface area contributed by atoms with Gasteiger partial charge in [0.2, 0.25) is 0 Å². The number of hydrogen-bond donors (Lipinski definition) is 0. The van der Waals surface area contributed by atoms with Crippen LogP contribution in [0.25, 0.3) is 11.6 Å². The summed E-state index contributed by atoms with van der Waals surface area (Å²) in [6.45, 7) is 1.97. The van der Waals surface area contributed by atoms with Gasteiger partial charge in [0.15, 0.2) is 9.84 Å². The zero-order valence-corrected chi connectivity index (χ0v) is 16.8. The number of benzene rings is 2. The van der Waals surface area contributed by atoms with Crippen LogP contribution in [0.5, 0.6) is 0 Å². The second-order valence-electron chi connectivity index (χ2n) is 5.24. The van der Waals surface area contributed by atoms with E-state index >= 15 is 0 Å². The third-order valence-corrected chi connectivity index (χ3v) is 5.36. The van der Waals surface area contributed by atoms with Gasteiger partial charge in [0.1, 0.15) is 0 Å². The van der Waals surface area contributed by atoms with Crippen LogP contribution in [0, 0.1) is 0 Å². The Morgan fingerprint density at radius 2 is 1.84 bits per heavy atom. The lowest BCUT2D eigenvalue weighted by atomic mass is 10.0. The highest BCUT2D eigenvalue weighted by molar-refractivity contribution is 9.10. The topological polar surface area (TPSA) is 60.4 Å². The minimum atomic E-state index is -3.27. The van der Waals surface area contributed by atoms with Crippen LogP contribution >= 0.6 is 27.5 Å². The van der Waals surface area contributed by atoms with Crippen molar-refractivity contribution >= 4 is 55.0 Å². The SMILES string of the molecule is CCOC(=O)/C(=C/c1ccc(S(C)(=O)=O)cc1)c1ccc(Cl)cc1Br. The van der Waals surface area contributed by atoms with E-state index in [1.807, 2.05) is 0 Å². The lowest BCUT2D eigenvalue weighted by Gasteiger charge is -2.10. The van der Waals surface area contributed by atoms with E-state index in [9.17, 15) is 13.2 Å². The number of carbonyl (C=O) groups excluding carboxylic acids is 1. The first-order chi connectivity index (χ1) is 11.7. The Balaban J connectivity index is 2.52. The van der Waals surface area contributed by atoms with Gasteiger partial charge < -0.3 is 4.74 Å². The van der Waals surface area contributed by atoms with E-state index in [4.69, 9.17) is 16.3 Å².